The summed E-state index contributed by atoms with van der Waals surface area (Å²) < 4.78 is 14.8. The molecule has 0 saturated carbocycles. The monoisotopic (exact) mass is 407 g/mol. The van der Waals surface area contributed by atoms with Gasteiger partial charge in [-0.05, 0) is 36.4 Å². The van der Waals surface area contributed by atoms with Crippen LogP contribution in [0.25, 0.3) is 0 Å². The first-order valence-electron chi connectivity index (χ1n) is 9.75. The smallest absolute Gasteiger partial charge is 0.225 e. The van der Waals surface area contributed by atoms with Gasteiger partial charge in [0.2, 0.25) is 11.7 Å². The number of Topliss-reactive ketones (excluding diaryl/α,β-unsaturated/α-hetero) is 1. The minimum absolute atomic E-state index is 0.0341. The molecule has 1 aliphatic rings. The predicted octanol–water partition coefficient (Wildman–Crippen LogP) is 2.19. The molecular formula is C22H22FN5O2. The molecule has 30 heavy (non-hydrogen) atoms. The van der Waals surface area contributed by atoms with Crippen molar-refractivity contribution in [2.45, 2.75) is 0 Å². The fourth-order valence-corrected chi connectivity index (χ4v) is 3.55. The molecule has 0 unspecified atom stereocenters. The molecule has 154 valence electrons. The number of aromatic nitrogens is 3. The van der Waals surface area contributed by atoms with Gasteiger partial charge in [0.25, 0.3) is 0 Å². The van der Waals surface area contributed by atoms with Gasteiger partial charge in [-0.1, -0.05) is 0 Å². The number of nitrogens with zero attached hydrogens (tertiary/aromatic N) is 5. The van der Waals surface area contributed by atoms with Crippen molar-refractivity contribution in [3.8, 4) is 0 Å². The van der Waals surface area contributed by atoms with Gasteiger partial charge in [-0.3, -0.25) is 14.5 Å². The van der Waals surface area contributed by atoms with Crippen LogP contribution in [0.5, 0.6) is 0 Å². The third-order valence-corrected chi connectivity index (χ3v) is 5.24. The van der Waals surface area contributed by atoms with Gasteiger partial charge in [0.05, 0.1) is 12.2 Å². The largest absolute Gasteiger partial charge is 0.347 e. The number of carbonyl (C=O) groups excluding carboxylic acids is 2. The molecule has 0 atom stereocenters. The van der Waals surface area contributed by atoms with Crippen LogP contribution in [-0.2, 0) is 7.05 Å². The molecular weight excluding hydrogens is 385 g/mol. The number of hydrogen-bond donors (Lipinski definition) is 0. The Morgan fingerprint density at radius 3 is 2.33 bits per heavy atom. The zero-order valence-corrected chi connectivity index (χ0v) is 16.7. The van der Waals surface area contributed by atoms with Crippen molar-refractivity contribution >= 4 is 17.5 Å². The number of benzene rings is 1. The lowest BCUT2D eigenvalue weighted by Gasteiger charge is -2.34. The third kappa shape index (κ3) is 4.28. The van der Waals surface area contributed by atoms with Crippen LogP contribution in [-0.4, -0.2) is 63.7 Å². The van der Waals surface area contributed by atoms with Crippen LogP contribution in [0.2, 0.25) is 0 Å². The Morgan fingerprint density at radius 1 is 1.00 bits per heavy atom. The molecule has 0 bridgehead atoms. The van der Waals surface area contributed by atoms with Crippen molar-refractivity contribution < 1.29 is 14.0 Å². The SMILES string of the molecule is Cn1cc(C(=O)CN2CCN(c3ncccn3)CC2)cc1C(=O)c1ccc(F)cc1. The molecule has 1 aliphatic heterocycles. The Balaban J connectivity index is 1.38. The normalized spacial score (nSPS) is 14.7. The van der Waals surface area contributed by atoms with Gasteiger partial charge in [-0.2, -0.15) is 0 Å². The molecule has 2 aromatic heterocycles. The first-order valence-corrected chi connectivity index (χ1v) is 9.75. The van der Waals surface area contributed by atoms with Crippen molar-refractivity contribution in [2.24, 2.45) is 7.05 Å². The first kappa shape index (κ1) is 19.9. The highest BCUT2D eigenvalue weighted by Gasteiger charge is 2.23. The molecule has 4 rings (SSSR count). The van der Waals surface area contributed by atoms with Gasteiger partial charge >= 0.3 is 0 Å². The summed E-state index contributed by atoms with van der Waals surface area (Å²) in [6.07, 6.45) is 5.12. The maximum absolute atomic E-state index is 13.1. The molecule has 7 nitrogen and oxygen atoms in total. The second-order valence-electron chi connectivity index (χ2n) is 7.30. The summed E-state index contributed by atoms with van der Waals surface area (Å²) in [6, 6.07) is 8.80. The van der Waals surface area contributed by atoms with E-state index >= 15 is 0 Å². The average Bonchev–Trinajstić information content (AvgIpc) is 3.17. The summed E-state index contributed by atoms with van der Waals surface area (Å²) in [5, 5.41) is 0. The van der Waals surface area contributed by atoms with Crippen LogP contribution in [0.15, 0.2) is 55.0 Å². The summed E-state index contributed by atoms with van der Waals surface area (Å²) in [5.41, 5.74) is 1.28. The van der Waals surface area contributed by atoms with Gasteiger partial charge in [0, 0.05) is 62.9 Å². The van der Waals surface area contributed by atoms with E-state index in [9.17, 15) is 14.0 Å². The van der Waals surface area contributed by atoms with Crippen LogP contribution < -0.4 is 4.90 Å². The zero-order chi connectivity index (χ0) is 21.1. The minimum Gasteiger partial charge on any atom is -0.347 e. The number of carbonyl (C=O) groups is 2. The molecule has 8 heteroatoms. The van der Waals surface area contributed by atoms with E-state index in [1.54, 1.807) is 42.3 Å². The Labute approximate surface area is 173 Å². The number of aryl methyl sites for hydroxylation is 1. The highest BCUT2D eigenvalue weighted by Crippen LogP contribution is 2.16. The molecule has 0 N–H and O–H groups in total. The van der Waals surface area contributed by atoms with Crippen molar-refractivity contribution in [1.29, 1.82) is 0 Å². The summed E-state index contributed by atoms with van der Waals surface area (Å²) in [6.45, 7) is 3.26. The lowest BCUT2D eigenvalue weighted by Crippen LogP contribution is -2.48. The zero-order valence-electron chi connectivity index (χ0n) is 16.7. The molecule has 0 amide bonds. The fraction of sp³-hybridized carbons (Fsp3) is 0.273. The molecule has 0 aliphatic carbocycles. The number of anilines is 1. The Morgan fingerprint density at radius 2 is 1.67 bits per heavy atom. The Hall–Kier alpha value is -3.39. The van der Waals surface area contributed by atoms with E-state index in [4.69, 9.17) is 0 Å². The summed E-state index contributed by atoms with van der Waals surface area (Å²) in [7, 11) is 1.73. The van der Waals surface area contributed by atoms with Crippen molar-refractivity contribution in [1.82, 2.24) is 19.4 Å². The van der Waals surface area contributed by atoms with Gasteiger partial charge in [0.15, 0.2) is 5.78 Å². The van der Waals surface area contributed by atoms with E-state index < -0.39 is 5.82 Å². The molecule has 3 heterocycles. The van der Waals surface area contributed by atoms with Crippen LogP contribution >= 0.6 is 0 Å². The number of hydrogen-bond acceptors (Lipinski definition) is 6. The maximum Gasteiger partial charge on any atom is 0.225 e. The molecule has 3 aromatic rings. The van der Waals surface area contributed by atoms with Gasteiger partial charge < -0.3 is 9.47 Å². The standard InChI is InChI=1S/C22H22FN5O2/c1-26-14-17(13-19(26)21(30)16-3-5-18(23)6-4-16)20(29)15-27-9-11-28(12-10-27)22-24-7-2-8-25-22/h2-8,13-14H,9-12,15H2,1H3. The maximum atomic E-state index is 13.1. The quantitative estimate of drug-likeness (QED) is 0.584. The van der Waals surface area contributed by atoms with Crippen molar-refractivity contribution in [3.63, 3.8) is 0 Å². The summed E-state index contributed by atoms with van der Waals surface area (Å²) >= 11 is 0. The van der Waals surface area contributed by atoms with Crippen LogP contribution in [0.4, 0.5) is 10.3 Å². The lowest BCUT2D eigenvalue weighted by molar-refractivity contribution is 0.0926. The van der Waals surface area contributed by atoms with Gasteiger partial charge in [-0.15, -0.1) is 0 Å². The fourth-order valence-electron chi connectivity index (χ4n) is 3.55. The van der Waals surface area contributed by atoms with Crippen LogP contribution in [0.1, 0.15) is 26.4 Å². The van der Waals surface area contributed by atoms with Crippen molar-refractivity contribution in [2.75, 3.05) is 37.6 Å². The molecule has 0 spiro atoms. The topological polar surface area (TPSA) is 71.3 Å². The second kappa shape index (κ2) is 8.54. The van der Waals surface area contributed by atoms with E-state index in [0.29, 0.717) is 22.8 Å². The van der Waals surface area contributed by atoms with E-state index in [2.05, 4.69) is 19.8 Å². The number of rotatable bonds is 6. The highest BCUT2D eigenvalue weighted by atomic mass is 19.1. The number of piperazine rings is 1. The van der Waals surface area contributed by atoms with E-state index in [0.717, 1.165) is 26.2 Å². The highest BCUT2D eigenvalue weighted by molar-refractivity contribution is 6.09. The first-order chi connectivity index (χ1) is 14.5. The minimum atomic E-state index is -0.395. The van der Waals surface area contributed by atoms with Crippen LogP contribution in [0, 0.1) is 5.82 Å². The molecule has 1 aromatic carbocycles. The number of ketones is 2. The van der Waals surface area contributed by atoms with E-state index in [-0.39, 0.29) is 18.1 Å². The van der Waals surface area contributed by atoms with Crippen molar-refractivity contribution in [3.05, 3.63) is 77.6 Å². The third-order valence-electron chi connectivity index (χ3n) is 5.24. The summed E-state index contributed by atoms with van der Waals surface area (Å²) in [5.74, 6) is 0.0323. The van der Waals surface area contributed by atoms with Gasteiger partial charge in [0.1, 0.15) is 5.82 Å². The van der Waals surface area contributed by atoms with E-state index in [1.807, 2.05) is 0 Å². The Kier molecular flexibility index (Phi) is 5.67. The second-order valence-corrected chi connectivity index (χ2v) is 7.30. The number of halogens is 1. The van der Waals surface area contributed by atoms with E-state index in [1.165, 1.54) is 24.3 Å². The predicted molar refractivity (Wildman–Crippen MR) is 110 cm³/mol. The average molecular weight is 407 g/mol. The van der Waals surface area contributed by atoms with Gasteiger partial charge in [-0.25, -0.2) is 14.4 Å². The Bertz CT molecular complexity index is 1040. The van der Waals surface area contributed by atoms with Crippen LogP contribution in [0.3, 0.4) is 0 Å². The molecule has 0 radical (unpaired) electrons. The molecule has 1 fully saturated rings. The summed E-state index contributed by atoms with van der Waals surface area (Å²) in [4.78, 5) is 38.2. The lowest BCUT2D eigenvalue weighted by atomic mass is 10.1. The molecule has 1 saturated heterocycles.